The molecule has 0 aliphatic rings. The number of nitrogens with two attached hydrogens (primary N) is 1. The first-order chi connectivity index (χ1) is 16.6. The second kappa shape index (κ2) is 11.0. The molecule has 172 valence electrons. The van der Waals surface area contributed by atoms with Crippen LogP contribution in [0.1, 0.15) is 28.4 Å². The highest BCUT2D eigenvalue weighted by Crippen LogP contribution is 2.30. The maximum absolute atomic E-state index is 11.9. The molecular formula is C27H27N5O2. The monoisotopic (exact) mass is 453 g/mol. The van der Waals surface area contributed by atoms with Gasteiger partial charge in [0.05, 0.1) is 12.2 Å². The zero-order chi connectivity index (χ0) is 23.8. The number of carbonyl (C=O) groups is 1. The van der Waals surface area contributed by atoms with Crippen LogP contribution < -0.4 is 16.0 Å². The Morgan fingerprint density at radius 3 is 2.03 bits per heavy atom. The average Bonchev–Trinajstić information content (AvgIpc) is 2.87. The van der Waals surface area contributed by atoms with Crippen molar-refractivity contribution >= 4 is 29.0 Å². The summed E-state index contributed by atoms with van der Waals surface area (Å²) in [4.78, 5) is 22.9. The number of benzene rings is 3. The first kappa shape index (κ1) is 22.8. The molecule has 7 heteroatoms. The van der Waals surface area contributed by atoms with Crippen molar-refractivity contribution in [2.75, 3.05) is 22.6 Å². The van der Waals surface area contributed by atoms with Crippen molar-refractivity contribution in [2.45, 2.75) is 20.0 Å². The van der Waals surface area contributed by atoms with E-state index in [9.17, 15) is 4.79 Å². The fourth-order valence-corrected chi connectivity index (χ4v) is 3.59. The third-order valence-corrected chi connectivity index (χ3v) is 5.25. The van der Waals surface area contributed by atoms with Gasteiger partial charge in [0.15, 0.2) is 11.6 Å². The summed E-state index contributed by atoms with van der Waals surface area (Å²) >= 11 is 0. The van der Waals surface area contributed by atoms with E-state index in [2.05, 4.69) is 44.5 Å². The largest absolute Gasteiger partial charge is 0.462 e. The Hall–Kier alpha value is -4.39. The minimum atomic E-state index is -0.352. The van der Waals surface area contributed by atoms with E-state index >= 15 is 0 Å². The lowest BCUT2D eigenvalue weighted by molar-refractivity contribution is 0.0526. The molecule has 0 atom stereocenters. The average molecular weight is 454 g/mol. The zero-order valence-electron chi connectivity index (χ0n) is 19.0. The van der Waals surface area contributed by atoms with Crippen molar-refractivity contribution in [1.29, 1.82) is 0 Å². The number of hydrogen-bond acceptors (Lipinski definition) is 7. The Kier molecular flexibility index (Phi) is 7.35. The van der Waals surface area contributed by atoms with E-state index in [1.165, 1.54) is 6.33 Å². The zero-order valence-corrected chi connectivity index (χ0v) is 19.0. The smallest absolute Gasteiger partial charge is 0.338 e. The van der Waals surface area contributed by atoms with E-state index in [0.717, 1.165) is 16.8 Å². The highest BCUT2D eigenvalue weighted by atomic mass is 16.5. The molecule has 4 aromatic rings. The highest BCUT2D eigenvalue weighted by Gasteiger charge is 2.17. The summed E-state index contributed by atoms with van der Waals surface area (Å²) in [5.74, 6) is 0.795. The number of hydrogen-bond donors (Lipinski definition) is 2. The first-order valence-electron chi connectivity index (χ1n) is 11.1. The molecule has 4 rings (SSSR count). The minimum absolute atomic E-state index is 0.335. The molecule has 7 nitrogen and oxygen atoms in total. The summed E-state index contributed by atoms with van der Waals surface area (Å²) in [5.41, 5.74) is 10.5. The first-order valence-corrected chi connectivity index (χ1v) is 11.1. The maximum Gasteiger partial charge on any atom is 0.338 e. The molecule has 0 fully saturated rings. The summed E-state index contributed by atoms with van der Waals surface area (Å²) in [6.45, 7) is 3.40. The lowest BCUT2D eigenvalue weighted by Gasteiger charge is -2.26. The number of rotatable bonds is 9. The van der Waals surface area contributed by atoms with Crippen LogP contribution in [-0.2, 0) is 17.8 Å². The number of nitrogens with zero attached hydrogens (tertiary/aromatic N) is 3. The molecule has 0 unspecified atom stereocenters. The fourth-order valence-electron chi connectivity index (χ4n) is 3.59. The van der Waals surface area contributed by atoms with E-state index < -0.39 is 0 Å². The predicted molar refractivity (Wildman–Crippen MR) is 135 cm³/mol. The van der Waals surface area contributed by atoms with Crippen molar-refractivity contribution in [3.8, 4) is 0 Å². The summed E-state index contributed by atoms with van der Waals surface area (Å²) in [6.07, 6.45) is 1.50. The highest BCUT2D eigenvalue weighted by molar-refractivity contribution is 5.90. The Balaban J connectivity index is 1.59. The number of anilines is 4. The van der Waals surface area contributed by atoms with E-state index in [-0.39, 0.29) is 5.97 Å². The summed E-state index contributed by atoms with van der Waals surface area (Å²) in [6, 6.07) is 27.4. The van der Waals surface area contributed by atoms with Crippen LogP contribution in [0.25, 0.3) is 0 Å². The quantitative estimate of drug-likeness (QED) is 0.337. The molecular weight excluding hydrogens is 426 g/mol. The second-order valence-corrected chi connectivity index (χ2v) is 7.71. The van der Waals surface area contributed by atoms with Crippen molar-refractivity contribution in [3.05, 3.63) is 108 Å². The number of esters is 1. The summed E-state index contributed by atoms with van der Waals surface area (Å²) in [7, 11) is 0. The second-order valence-electron chi connectivity index (χ2n) is 7.71. The van der Waals surface area contributed by atoms with Crippen LogP contribution in [-0.4, -0.2) is 22.5 Å². The molecule has 1 heterocycles. The minimum Gasteiger partial charge on any atom is -0.462 e. The fraction of sp³-hybridized carbons (Fsp3) is 0.148. The Morgan fingerprint density at radius 2 is 1.47 bits per heavy atom. The number of nitrogens with one attached hydrogen (secondary N) is 1. The van der Waals surface area contributed by atoms with Crippen LogP contribution in [0, 0.1) is 0 Å². The Labute approximate surface area is 199 Å². The molecule has 0 aliphatic heterocycles. The number of ether oxygens (including phenoxy) is 1. The van der Waals surface area contributed by atoms with Gasteiger partial charge in [0.25, 0.3) is 0 Å². The van der Waals surface area contributed by atoms with E-state index in [0.29, 0.717) is 42.6 Å². The van der Waals surface area contributed by atoms with E-state index in [4.69, 9.17) is 10.5 Å². The van der Waals surface area contributed by atoms with Gasteiger partial charge in [-0.3, -0.25) is 0 Å². The molecule has 0 saturated heterocycles. The van der Waals surface area contributed by atoms with Gasteiger partial charge in [-0.05, 0) is 42.3 Å². The predicted octanol–water partition coefficient (Wildman–Crippen LogP) is 5.19. The van der Waals surface area contributed by atoms with Crippen molar-refractivity contribution in [3.63, 3.8) is 0 Å². The molecule has 0 spiro atoms. The van der Waals surface area contributed by atoms with Crippen LogP contribution in [0.4, 0.5) is 23.0 Å². The molecule has 0 bridgehead atoms. The van der Waals surface area contributed by atoms with Crippen molar-refractivity contribution in [1.82, 2.24) is 9.97 Å². The van der Waals surface area contributed by atoms with Crippen LogP contribution in [0.15, 0.2) is 91.3 Å². The molecule has 3 aromatic carbocycles. The third-order valence-electron chi connectivity index (χ3n) is 5.25. The Morgan fingerprint density at radius 1 is 0.882 bits per heavy atom. The number of carbonyl (C=O) groups excluding carboxylic acids is 1. The topological polar surface area (TPSA) is 93.4 Å². The van der Waals surface area contributed by atoms with Gasteiger partial charge in [-0.1, -0.05) is 60.7 Å². The van der Waals surface area contributed by atoms with Crippen LogP contribution >= 0.6 is 0 Å². The van der Waals surface area contributed by atoms with Crippen LogP contribution in [0.2, 0.25) is 0 Å². The summed E-state index contributed by atoms with van der Waals surface area (Å²) < 4.78 is 5.04. The van der Waals surface area contributed by atoms with Crippen LogP contribution in [0.3, 0.4) is 0 Å². The van der Waals surface area contributed by atoms with Crippen molar-refractivity contribution in [2.24, 2.45) is 0 Å². The lowest BCUT2D eigenvalue weighted by atomic mass is 10.1. The molecule has 0 radical (unpaired) electrons. The maximum atomic E-state index is 11.9. The number of aromatic nitrogens is 2. The van der Waals surface area contributed by atoms with Gasteiger partial charge in [0.2, 0.25) is 0 Å². The van der Waals surface area contributed by atoms with Gasteiger partial charge < -0.3 is 20.7 Å². The lowest BCUT2D eigenvalue weighted by Crippen LogP contribution is -2.24. The van der Waals surface area contributed by atoms with Gasteiger partial charge >= 0.3 is 5.97 Å². The van der Waals surface area contributed by atoms with Gasteiger partial charge in [0, 0.05) is 18.8 Å². The molecule has 0 amide bonds. The normalized spacial score (nSPS) is 10.5. The molecule has 1 aromatic heterocycles. The molecule has 0 aliphatic carbocycles. The molecule has 0 saturated carbocycles. The molecule has 3 N–H and O–H groups in total. The van der Waals surface area contributed by atoms with Crippen LogP contribution in [0.5, 0.6) is 0 Å². The standard InChI is InChI=1S/C27H27N5O2/c1-2-34-27(33)22-13-15-23(16-14-22)31-25-24(28)26(30-19-29-25)32(17-20-9-5-3-6-10-20)18-21-11-7-4-8-12-21/h3-16,19H,2,17-18,28H2,1H3,(H,29,30,31). The SMILES string of the molecule is CCOC(=O)c1ccc(Nc2ncnc(N(Cc3ccccc3)Cc3ccccc3)c2N)cc1. The molecule has 34 heavy (non-hydrogen) atoms. The van der Waals surface area contributed by atoms with Gasteiger partial charge in [-0.25, -0.2) is 14.8 Å². The van der Waals surface area contributed by atoms with Gasteiger partial charge in [-0.2, -0.15) is 0 Å². The van der Waals surface area contributed by atoms with E-state index in [1.54, 1.807) is 31.2 Å². The Bertz CT molecular complexity index is 1170. The van der Waals surface area contributed by atoms with Gasteiger partial charge in [-0.15, -0.1) is 0 Å². The van der Waals surface area contributed by atoms with E-state index in [1.807, 2.05) is 36.4 Å². The summed E-state index contributed by atoms with van der Waals surface area (Å²) in [5, 5.41) is 3.24. The number of nitrogen functional groups attached to an aromatic ring is 1. The van der Waals surface area contributed by atoms with Crippen molar-refractivity contribution < 1.29 is 9.53 Å². The van der Waals surface area contributed by atoms with Gasteiger partial charge in [0.1, 0.15) is 12.0 Å². The third kappa shape index (κ3) is 5.69.